The number of nitrogens with zero attached hydrogens (tertiary/aromatic N) is 2. The van der Waals surface area contributed by atoms with Crippen molar-refractivity contribution in [3.63, 3.8) is 0 Å². The van der Waals surface area contributed by atoms with Crippen LogP contribution < -0.4 is 4.90 Å². The first-order valence-corrected chi connectivity index (χ1v) is 7.83. The zero-order valence-electron chi connectivity index (χ0n) is 12.1. The lowest BCUT2D eigenvalue weighted by atomic mass is 10.0. The molecule has 0 aliphatic carbocycles. The van der Waals surface area contributed by atoms with E-state index in [1.54, 1.807) is 6.20 Å². The topological polar surface area (TPSA) is 61.3 Å². The highest BCUT2D eigenvalue weighted by Crippen LogP contribution is 2.38. The molecule has 0 radical (unpaired) electrons. The Morgan fingerprint density at radius 2 is 2.14 bits per heavy atom. The lowest BCUT2D eigenvalue weighted by molar-refractivity contribution is -0.161. The molecule has 0 amide bonds. The van der Waals surface area contributed by atoms with Crippen LogP contribution in [0.2, 0.25) is 5.02 Å². The number of aromatic nitrogens is 1. The Hall–Kier alpha value is -1.74. The fourth-order valence-corrected chi connectivity index (χ4v) is 3.73. The van der Waals surface area contributed by atoms with Crippen molar-refractivity contribution in [2.24, 2.45) is 0 Å². The van der Waals surface area contributed by atoms with Crippen LogP contribution in [-0.4, -0.2) is 37.1 Å². The molecule has 22 heavy (non-hydrogen) atoms. The van der Waals surface area contributed by atoms with E-state index in [0.29, 0.717) is 30.3 Å². The Labute approximate surface area is 133 Å². The van der Waals surface area contributed by atoms with Crippen LogP contribution in [0.5, 0.6) is 0 Å². The van der Waals surface area contributed by atoms with E-state index in [1.165, 1.54) is 0 Å². The highest BCUT2D eigenvalue weighted by molar-refractivity contribution is 6.36. The quantitative estimate of drug-likeness (QED) is 0.878. The predicted octanol–water partition coefficient (Wildman–Crippen LogP) is 3.04. The first-order valence-electron chi connectivity index (χ1n) is 7.45. The highest BCUT2D eigenvalue weighted by Gasteiger charge is 2.41. The number of nitrogens with one attached hydrogen (secondary N) is 1. The maximum atomic E-state index is 9.24. The van der Waals surface area contributed by atoms with Gasteiger partial charge in [0.15, 0.2) is 5.79 Å². The number of hydrogen-bond donors (Lipinski definition) is 1. The predicted molar refractivity (Wildman–Crippen MR) is 84.1 cm³/mol. The second kappa shape index (κ2) is 5.17. The van der Waals surface area contributed by atoms with Crippen molar-refractivity contribution in [1.82, 2.24) is 4.98 Å². The van der Waals surface area contributed by atoms with Gasteiger partial charge in [-0.25, -0.2) is 0 Å². The van der Waals surface area contributed by atoms with Crippen LogP contribution >= 0.6 is 11.6 Å². The molecule has 2 aliphatic heterocycles. The van der Waals surface area contributed by atoms with Crippen LogP contribution in [0.3, 0.4) is 0 Å². The number of benzene rings is 1. The van der Waals surface area contributed by atoms with E-state index in [0.717, 1.165) is 36.0 Å². The second-order valence-corrected chi connectivity index (χ2v) is 6.17. The summed E-state index contributed by atoms with van der Waals surface area (Å²) >= 11 is 6.27. The van der Waals surface area contributed by atoms with Gasteiger partial charge in [-0.2, -0.15) is 5.26 Å². The third-order valence-electron chi connectivity index (χ3n) is 4.45. The summed E-state index contributed by atoms with van der Waals surface area (Å²) in [5.74, 6) is -0.477. The van der Waals surface area contributed by atoms with Gasteiger partial charge in [0, 0.05) is 24.5 Å². The van der Waals surface area contributed by atoms with Gasteiger partial charge < -0.3 is 19.4 Å². The minimum absolute atomic E-state index is 0.477. The third-order valence-corrected chi connectivity index (χ3v) is 4.77. The molecule has 2 aromatic rings. The van der Waals surface area contributed by atoms with Crippen molar-refractivity contribution in [1.29, 1.82) is 5.26 Å². The summed E-state index contributed by atoms with van der Waals surface area (Å²) in [4.78, 5) is 5.45. The number of aromatic amines is 1. The largest absolute Gasteiger partial charge is 0.364 e. The fraction of sp³-hybridized carbons (Fsp3) is 0.438. The molecule has 0 saturated carbocycles. The maximum Gasteiger partial charge on any atom is 0.186 e. The Balaban J connectivity index is 1.76. The van der Waals surface area contributed by atoms with Crippen molar-refractivity contribution in [3.8, 4) is 6.07 Å². The zero-order valence-corrected chi connectivity index (χ0v) is 12.8. The van der Waals surface area contributed by atoms with Crippen molar-refractivity contribution in [3.05, 3.63) is 28.9 Å². The van der Waals surface area contributed by atoms with Gasteiger partial charge in [-0.3, -0.25) is 0 Å². The van der Waals surface area contributed by atoms with E-state index >= 15 is 0 Å². The molecule has 2 saturated heterocycles. The SMILES string of the molecule is N#Cc1c[nH]c2c(N3CCCC4(C3)OCCO4)ccc(Cl)c12. The maximum absolute atomic E-state index is 9.24. The van der Waals surface area contributed by atoms with Gasteiger partial charge in [0.05, 0.1) is 41.5 Å². The number of rotatable bonds is 1. The monoisotopic (exact) mass is 317 g/mol. The molecule has 0 unspecified atom stereocenters. The van der Waals surface area contributed by atoms with Crippen LogP contribution in [0.25, 0.3) is 10.9 Å². The van der Waals surface area contributed by atoms with E-state index in [-0.39, 0.29) is 0 Å². The molecule has 5 nitrogen and oxygen atoms in total. The number of hydrogen-bond acceptors (Lipinski definition) is 4. The normalized spacial score (nSPS) is 20.6. The average molecular weight is 318 g/mol. The molecule has 2 fully saturated rings. The molecule has 3 heterocycles. The van der Waals surface area contributed by atoms with Gasteiger partial charge in [0.25, 0.3) is 0 Å². The molecule has 114 valence electrons. The number of H-pyrrole nitrogens is 1. The summed E-state index contributed by atoms with van der Waals surface area (Å²) in [6, 6.07) is 6.03. The molecular weight excluding hydrogens is 302 g/mol. The van der Waals surface area contributed by atoms with Gasteiger partial charge in [-0.05, 0) is 18.6 Å². The summed E-state index contributed by atoms with van der Waals surface area (Å²) in [5, 5.41) is 10.6. The van der Waals surface area contributed by atoms with E-state index in [1.807, 2.05) is 12.1 Å². The smallest absolute Gasteiger partial charge is 0.186 e. The van der Waals surface area contributed by atoms with Crippen molar-refractivity contribution in [2.45, 2.75) is 18.6 Å². The first kappa shape index (κ1) is 13.9. The van der Waals surface area contributed by atoms with Gasteiger partial charge in [-0.1, -0.05) is 11.6 Å². The first-order chi connectivity index (χ1) is 10.7. The number of nitriles is 1. The Kier molecular flexibility index (Phi) is 3.26. The van der Waals surface area contributed by atoms with Crippen LogP contribution in [-0.2, 0) is 9.47 Å². The molecule has 0 atom stereocenters. The van der Waals surface area contributed by atoms with Gasteiger partial charge in [0.1, 0.15) is 6.07 Å². The Morgan fingerprint density at radius 1 is 1.32 bits per heavy atom. The van der Waals surface area contributed by atoms with Crippen LogP contribution in [0.1, 0.15) is 18.4 Å². The molecule has 0 bridgehead atoms. The van der Waals surface area contributed by atoms with Gasteiger partial charge in [-0.15, -0.1) is 0 Å². The van der Waals surface area contributed by atoms with Crippen molar-refractivity contribution in [2.75, 3.05) is 31.2 Å². The number of ether oxygens (including phenoxy) is 2. The summed E-state index contributed by atoms with van der Waals surface area (Å²) in [5.41, 5.74) is 2.51. The fourth-order valence-electron chi connectivity index (χ4n) is 3.47. The molecule has 2 aliphatic rings. The van der Waals surface area contributed by atoms with E-state index in [2.05, 4.69) is 16.0 Å². The van der Waals surface area contributed by atoms with Crippen molar-refractivity contribution >= 4 is 28.2 Å². The zero-order chi connectivity index (χ0) is 15.2. The van der Waals surface area contributed by atoms with E-state index in [4.69, 9.17) is 21.1 Å². The standard InChI is InChI=1S/C16H16ClN3O2/c17-12-2-3-13(15-14(12)11(8-18)9-19-15)20-5-1-4-16(10-20)21-6-7-22-16/h2-3,9,19H,1,4-7,10H2. The Morgan fingerprint density at radius 3 is 2.91 bits per heavy atom. The molecule has 1 aromatic heterocycles. The molecule has 1 N–H and O–H groups in total. The van der Waals surface area contributed by atoms with E-state index < -0.39 is 5.79 Å². The molecule has 4 rings (SSSR count). The summed E-state index contributed by atoms with van der Waals surface area (Å²) < 4.78 is 11.7. The molecular formula is C16H16ClN3O2. The molecule has 1 aromatic carbocycles. The van der Waals surface area contributed by atoms with Gasteiger partial charge in [0.2, 0.25) is 0 Å². The summed E-state index contributed by atoms with van der Waals surface area (Å²) in [7, 11) is 0. The van der Waals surface area contributed by atoms with Gasteiger partial charge >= 0.3 is 0 Å². The Bertz CT molecular complexity index is 759. The number of anilines is 1. The lowest BCUT2D eigenvalue weighted by Crippen LogP contribution is -2.49. The van der Waals surface area contributed by atoms with Crippen LogP contribution in [0, 0.1) is 11.3 Å². The number of piperidine rings is 1. The summed E-state index contributed by atoms with van der Waals surface area (Å²) in [6.45, 7) is 2.95. The highest BCUT2D eigenvalue weighted by atomic mass is 35.5. The third kappa shape index (κ3) is 2.07. The average Bonchev–Trinajstić information content (AvgIpc) is 3.15. The van der Waals surface area contributed by atoms with E-state index in [9.17, 15) is 5.26 Å². The number of halogens is 1. The molecule has 6 heteroatoms. The minimum atomic E-state index is -0.477. The number of fused-ring (bicyclic) bond motifs is 1. The molecule has 1 spiro atoms. The van der Waals surface area contributed by atoms with Crippen LogP contribution in [0.15, 0.2) is 18.3 Å². The second-order valence-electron chi connectivity index (χ2n) is 5.76. The summed E-state index contributed by atoms with van der Waals surface area (Å²) in [6.07, 6.45) is 3.65. The minimum Gasteiger partial charge on any atom is -0.364 e. The van der Waals surface area contributed by atoms with Crippen LogP contribution in [0.4, 0.5) is 5.69 Å². The lowest BCUT2D eigenvalue weighted by Gasteiger charge is -2.40. The van der Waals surface area contributed by atoms with Crippen molar-refractivity contribution < 1.29 is 9.47 Å².